The molecule has 1 rings (SSSR count). The van der Waals surface area contributed by atoms with Crippen LogP contribution in [0.15, 0.2) is 30.3 Å². The number of hydrogen-bond acceptors (Lipinski definition) is 4. The molecule has 7 heteroatoms. The van der Waals surface area contributed by atoms with Crippen molar-refractivity contribution in [3.05, 3.63) is 46.7 Å². The van der Waals surface area contributed by atoms with Gasteiger partial charge in [-0.15, -0.1) is 0 Å². The number of aryl methyl sites for hydroxylation is 1. The molecule has 0 aliphatic heterocycles. The zero-order valence-electron chi connectivity index (χ0n) is 8.99. The second-order valence-electron chi connectivity index (χ2n) is 1.93. The smallest absolute Gasteiger partial charge is 0.724 e. The maximum absolute atomic E-state index is 8.25. The van der Waals surface area contributed by atoms with Gasteiger partial charge in [-0.2, -0.15) is 0 Å². The summed E-state index contributed by atoms with van der Waals surface area (Å²) in [4.78, 5) is 24.7. The molecular weight excluding hydrogens is 240 g/mol. The van der Waals surface area contributed by atoms with E-state index in [0.29, 0.717) is 12.2 Å². The Morgan fingerprint density at radius 1 is 1.12 bits per heavy atom. The minimum absolute atomic E-state index is 0. The molecule has 0 amide bonds. The van der Waals surface area contributed by atoms with E-state index in [2.05, 4.69) is 19.1 Å². The molecule has 0 bridgehead atoms. The van der Waals surface area contributed by atoms with Crippen molar-refractivity contribution in [1.29, 1.82) is 0 Å². The molecule has 6 nitrogen and oxygen atoms in total. The minimum Gasteiger partial charge on any atom is -0.724 e. The van der Waals surface area contributed by atoms with Crippen LogP contribution in [-0.4, -0.2) is 29.6 Å². The molecule has 0 aliphatic carbocycles. The van der Waals surface area contributed by atoms with E-state index >= 15 is 0 Å². The Hall–Kier alpha value is -2.33. The summed E-state index contributed by atoms with van der Waals surface area (Å²) < 4.78 is 0. The first-order valence-corrected chi connectivity index (χ1v) is 3.74. The summed E-state index contributed by atoms with van der Waals surface area (Å²) >= 11 is 0. The molecule has 1 aromatic carbocycles. The number of benzene rings is 1. The van der Waals surface area contributed by atoms with Gasteiger partial charge >= 0.3 is 11.0 Å². The Bertz CT molecular complexity index is 306. The Morgan fingerprint density at radius 3 is 1.47 bits per heavy atom. The van der Waals surface area contributed by atoms with Crippen LogP contribution in [-0.2, 0) is 14.4 Å². The predicted octanol–water partition coefficient (Wildman–Crippen LogP) is -0.236. The van der Waals surface area contributed by atoms with E-state index in [-0.39, 0.29) is 11.0 Å². The van der Waals surface area contributed by atoms with Crippen molar-refractivity contribution in [3.8, 4) is 0 Å². The summed E-state index contributed by atoms with van der Waals surface area (Å²) in [5, 5.41) is 21.8. The molecule has 0 unspecified atom stereocenters. The van der Waals surface area contributed by atoms with E-state index in [4.69, 9.17) is 30.3 Å². The zero-order chi connectivity index (χ0) is 13.2. The molecule has 0 atom stereocenters. The number of nitrogens with zero attached hydrogens (tertiary/aromatic N) is 2. The van der Waals surface area contributed by atoms with Crippen molar-refractivity contribution in [2.45, 2.75) is 6.92 Å². The van der Waals surface area contributed by atoms with Crippen LogP contribution in [0.2, 0.25) is 0 Å². The van der Waals surface area contributed by atoms with Gasteiger partial charge in [-0.3, -0.25) is 9.59 Å². The average Bonchev–Trinajstić information content (AvgIpc) is 2.22. The molecular formula is C10H9N2O4Si. The van der Waals surface area contributed by atoms with Crippen LogP contribution in [0.25, 0.3) is 10.8 Å². The number of isocyanates is 2. The van der Waals surface area contributed by atoms with Crippen LogP contribution in [0.4, 0.5) is 0 Å². The van der Waals surface area contributed by atoms with Gasteiger partial charge in [0.25, 0.3) is 0 Å². The third-order valence-electron chi connectivity index (χ3n) is 0.940. The van der Waals surface area contributed by atoms with Gasteiger partial charge in [0.1, 0.15) is 0 Å². The first-order chi connectivity index (χ1) is 7.64. The van der Waals surface area contributed by atoms with E-state index in [9.17, 15) is 0 Å². The van der Waals surface area contributed by atoms with Crippen molar-refractivity contribution < 1.29 is 19.5 Å². The maximum atomic E-state index is 8.25. The van der Waals surface area contributed by atoms with Crippen LogP contribution in [0, 0.1) is 6.92 Å². The molecule has 0 aliphatic rings. The van der Waals surface area contributed by atoms with Crippen LogP contribution >= 0.6 is 0 Å². The van der Waals surface area contributed by atoms with Gasteiger partial charge in [-0.25, -0.2) is 0 Å². The summed E-state index contributed by atoms with van der Waals surface area (Å²) in [5.41, 5.74) is 1.32. The second-order valence-corrected chi connectivity index (χ2v) is 1.93. The molecule has 1 aromatic rings. The summed E-state index contributed by atoms with van der Waals surface area (Å²) in [7, 11) is 0. The first-order valence-electron chi connectivity index (χ1n) is 3.74. The van der Waals surface area contributed by atoms with E-state index in [1.165, 1.54) is 5.56 Å². The van der Waals surface area contributed by atoms with Gasteiger partial charge < -0.3 is 20.7 Å². The summed E-state index contributed by atoms with van der Waals surface area (Å²) in [6.07, 6.45) is 1.00. The largest absolute Gasteiger partial charge is 3.00 e. The molecule has 0 saturated carbocycles. The average molecular weight is 249 g/mol. The number of rotatable bonds is 0. The number of carbonyl (C=O) groups is 1. The van der Waals surface area contributed by atoms with E-state index < -0.39 is 6.47 Å². The fraction of sp³-hybridized carbons (Fsp3) is 0.100. The van der Waals surface area contributed by atoms with E-state index in [0.717, 1.165) is 0 Å². The van der Waals surface area contributed by atoms with Gasteiger partial charge in [0, 0.05) is 6.47 Å². The molecule has 0 heterocycles. The fourth-order valence-electron chi connectivity index (χ4n) is 0.534. The Balaban J connectivity index is -0.0000000734. The Labute approximate surface area is 103 Å². The van der Waals surface area contributed by atoms with Gasteiger partial charge in [-0.1, -0.05) is 35.9 Å². The van der Waals surface area contributed by atoms with Gasteiger partial charge in [0.15, 0.2) is 0 Å². The van der Waals surface area contributed by atoms with Crippen LogP contribution in [0.3, 0.4) is 0 Å². The van der Waals surface area contributed by atoms with Gasteiger partial charge in [0.05, 0.1) is 0 Å². The molecule has 1 radical (unpaired) electrons. The molecule has 17 heavy (non-hydrogen) atoms. The molecule has 0 saturated heterocycles. The molecule has 0 spiro atoms. The fourth-order valence-corrected chi connectivity index (χ4v) is 0.534. The first kappa shape index (κ1) is 24.1. The predicted molar refractivity (Wildman–Crippen MR) is 61.1 cm³/mol. The normalized spacial score (nSPS) is 5.24. The van der Waals surface area contributed by atoms with Crippen LogP contribution < -0.4 is 5.11 Å². The maximum Gasteiger partial charge on any atom is 3.00 e. The van der Waals surface area contributed by atoms with Gasteiger partial charge in [0.2, 0.25) is 0 Å². The Kier molecular flexibility index (Phi) is 41.3. The number of hydrogen-bond donors (Lipinski definition) is 0. The topological polar surface area (TPSA) is 119 Å². The number of carbonyl (C=O) groups excluding carboxylic acids is 3. The minimum atomic E-state index is -0.500. The molecule has 0 aromatic heterocycles. The van der Waals surface area contributed by atoms with Gasteiger partial charge in [-0.05, 0) is 19.1 Å². The van der Waals surface area contributed by atoms with Crippen molar-refractivity contribution in [1.82, 2.24) is 0 Å². The molecule has 0 N–H and O–H groups in total. The number of carboxylic acid groups (broad SMARTS) is 1. The third kappa shape index (κ3) is 57.9. The van der Waals surface area contributed by atoms with Crippen molar-refractivity contribution in [3.63, 3.8) is 0 Å². The molecule has 87 valence electrons. The zero-order valence-corrected chi connectivity index (χ0v) is 9.99. The van der Waals surface area contributed by atoms with Crippen LogP contribution in [0.5, 0.6) is 0 Å². The van der Waals surface area contributed by atoms with E-state index in [1.54, 1.807) is 0 Å². The van der Waals surface area contributed by atoms with Crippen molar-refractivity contribution in [2.75, 3.05) is 0 Å². The molecule has 0 fully saturated rings. The van der Waals surface area contributed by atoms with E-state index in [1.807, 2.05) is 18.2 Å². The van der Waals surface area contributed by atoms with Crippen LogP contribution in [0.1, 0.15) is 5.56 Å². The summed E-state index contributed by atoms with van der Waals surface area (Å²) in [6, 6.07) is 10.3. The quantitative estimate of drug-likeness (QED) is 0.273. The Morgan fingerprint density at radius 2 is 1.35 bits per heavy atom. The van der Waals surface area contributed by atoms with Crippen molar-refractivity contribution in [2.24, 2.45) is 0 Å². The second kappa shape index (κ2) is 29.2. The SMILES string of the molecule is Cc1ccccc1.O=C[O-].[N-]=C=O.[N-]=C=O.[Si+3]. The van der Waals surface area contributed by atoms with Crippen molar-refractivity contribution >= 4 is 29.6 Å². The summed E-state index contributed by atoms with van der Waals surface area (Å²) in [6.45, 7) is 1.58. The third-order valence-corrected chi connectivity index (χ3v) is 0.940. The standard InChI is InChI=1S/C7H8.2CNO.CH2O2.Si/c1-7-5-3-2-4-6-7;3*2-1-3;/h2-6H,1H3;;;1H,(H,2,3);/q;2*-1;;+3/p-1. The summed E-state index contributed by atoms with van der Waals surface area (Å²) in [5.74, 6) is 0. The monoisotopic (exact) mass is 249 g/mol.